The number of aliphatic hydroxyl groups is 2. The number of imidazole rings is 1. The van der Waals surface area contributed by atoms with Gasteiger partial charge in [0.1, 0.15) is 17.8 Å². The van der Waals surface area contributed by atoms with Gasteiger partial charge in [0.25, 0.3) is 0 Å². The van der Waals surface area contributed by atoms with Crippen LogP contribution in [0.3, 0.4) is 0 Å². The van der Waals surface area contributed by atoms with E-state index in [0.29, 0.717) is 11.5 Å². The monoisotopic (exact) mass is 231 g/mol. The maximum atomic E-state index is 9.38. The second kappa shape index (κ2) is 3.94. The molecule has 0 bridgehead atoms. The SMILES string of the molecule is OC(O)c1nc(-n2ccnc2)cc2c1CCC2. The molecular weight excluding hydrogens is 218 g/mol. The molecular formula is C12H13N3O2. The lowest BCUT2D eigenvalue weighted by molar-refractivity contribution is -0.0464. The third-order valence-electron chi connectivity index (χ3n) is 3.12. The van der Waals surface area contributed by atoms with E-state index in [4.69, 9.17) is 0 Å². The standard InChI is InChI=1S/C12H13N3O2/c16-12(17)11-9-3-1-2-8(9)6-10(14-11)15-5-4-13-7-15/h4-7,12,16-17H,1-3H2. The molecule has 0 fully saturated rings. The Kier molecular flexibility index (Phi) is 2.42. The molecule has 0 amide bonds. The molecule has 5 nitrogen and oxygen atoms in total. The van der Waals surface area contributed by atoms with Crippen molar-refractivity contribution in [3.63, 3.8) is 0 Å². The van der Waals surface area contributed by atoms with Crippen molar-refractivity contribution in [3.05, 3.63) is 41.6 Å². The van der Waals surface area contributed by atoms with Gasteiger partial charge in [-0.05, 0) is 36.5 Å². The van der Waals surface area contributed by atoms with E-state index in [2.05, 4.69) is 9.97 Å². The average molecular weight is 231 g/mol. The summed E-state index contributed by atoms with van der Waals surface area (Å²) in [7, 11) is 0. The third kappa shape index (κ3) is 1.73. The molecule has 0 atom stereocenters. The highest BCUT2D eigenvalue weighted by Gasteiger charge is 2.21. The number of aromatic nitrogens is 3. The Balaban J connectivity index is 2.16. The Bertz CT molecular complexity index is 535. The summed E-state index contributed by atoms with van der Waals surface area (Å²) < 4.78 is 1.77. The van der Waals surface area contributed by atoms with Crippen LogP contribution in [-0.4, -0.2) is 24.7 Å². The molecule has 0 spiro atoms. The minimum absolute atomic E-state index is 0.378. The Hall–Kier alpha value is -1.72. The molecule has 88 valence electrons. The molecule has 17 heavy (non-hydrogen) atoms. The lowest BCUT2D eigenvalue weighted by Gasteiger charge is -2.12. The summed E-state index contributed by atoms with van der Waals surface area (Å²) in [4.78, 5) is 8.27. The summed E-state index contributed by atoms with van der Waals surface area (Å²) in [6.07, 6.45) is 6.49. The van der Waals surface area contributed by atoms with Crippen LogP contribution < -0.4 is 0 Å². The van der Waals surface area contributed by atoms with Gasteiger partial charge in [-0.25, -0.2) is 9.97 Å². The molecule has 0 aliphatic heterocycles. The van der Waals surface area contributed by atoms with Crippen molar-refractivity contribution in [1.82, 2.24) is 14.5 Å². The largest absolute Gasteiger partial charge is 0.363 e. The van der Waals surface area contributed by atoms with E-state index < -0.39 is 6.29 Å². The fourth-order valence-corrected chi connectivity index (χ4v) is 2.34. The molecule has 2 aromatic rings. The van der Waals surface area contributed by atoms with Gasteiger partial charge in [0.2, 0.25) is 0 Å². The van der Waals surface area contributed by atoms with Gasteiger partial charge in [0, 0.05) is 12.4 Å². The first-order valence-corrected chi connectivity index (χ1v) is 5.63. The first-order chi connectivity index (χ1) is 8.25. The molecule has 2 heterocycles. The fourth-order valence-electron chi connectivity index (χ4n) is 2.34. The number of pyridine rings is 1. The van der Waals surface area contributed by atoms with Gasteiger partial charge in [0.15, 0.2) is 6.29 Å². The number of aliphatic hydroxyl groups excluding tert-OH is 1. The van der Waals surface area contributed by atoms with Crippen molar-refractivity contribution >= 4 is 0 Å². The molecule has 0 aromatic carbocycles. The number of rotatable bonds is 2. The van der Waals surface area contributed by atoms with E-state index >= 15 is 0 Å². The van der Waals surface area contributed by atoms with Crippen LogP contribution in [-0.2, 0) is 12.8 Å². The Morgan fingerprint density at radius 1 is 1.29 bits per heavy atom. The Labute approximate surface area is 98.4 Å². The number of hydrogen-bond donors (Lipinski definition) is 2. The van der Waals surface area contributed by atoms with Gasteiger partial charge in [0.05, 0.1) is 0 Å². The van der Waals surface area contributed by atoms with Crippen LogP contribution in [0.1, 0.15) is 29.5 Å². The molecule has 2 aromatic heterocycles. The van der Waals surface area contributed by atoms with Crippen molar-refractivity contribution in [1.29, 1.82) is 0 Å². The Morgan fingerprint density at radius 2 is 2.18 bits per heavy atom. The molecule has 1 aliphatic carbocycles. The predicted octanol–water partition coefficient (Wildman–Crippen LogP) is 0.739. The number of fused-ring (bicyclic) bond motifs is 1. The first-order valence-electron chi connectivity index (χ1n) is 5.63. The van der Waals surface area contributed by atoms with Crippen LogP contribution in [0.15, 0.2) is 24.8 Å². The molecule has 5 heteroatoms. The minimum Gasteiger partial charge on any atom is -0.363 e. The van der Waals surface area contributed by atoms with E-state index in [1.54, 1.807) is 23.3 Å². The molecule has 0 saturated carbocycles. The van der Waals surface area contributed by atoms with Gasteiger partial charge in [-0.2, -0.15) is 0 Å². The zero-order chi connectivity index (χ0) is 11.8. The van der Waals surface area contributed by atoms with Gasteiger partial charge in [-0.15, -0.1) is 0 Å². The zero-order valence-electron chi connectivity index (χ0n) is 9.24. The van der Waals surface area contributed by atoms with E-state index in [9.17, 15) is 10.2 Å². The molecule has 0 unspecified atom stereocenters. The maximum Gasteiger partial charge on any atom is 0.196 e. The second-order valence-electron chi connectivity index (χ2n) is 4.20. The second-order valence-corrected chi connectivity index (χ2v) is 4.20. The summed E-state index contributed by atoms with van der Waals surface area (Å²) in [6, 6.07) is 2.00. The van der Waals surface area contributed by atoms with Gasteiger partial charge in [-0.3, -0.25) is 4.57 Å². The predicted molar refractivity (Wildman–Crippen MR) is 60.6 cm³/mol. The summed E-state index contributed by atoms with van der Waals surface area (Å²) in [6.45, 7) is 0. The van der Waals surface area contributed by atoms with Crippen LogP contribution in [0.5, 0.6) is 0 Å². The van der Waals surface area contributed by atoms with Gasteiger partial charge in [-0.1, -0.05) is 0 Å². The fraction of sp³-hybridized carbons (Fsp3) is 0.333. The van der Waals surface area contributed by atoms with E-state index in [1.807, 2.05) is 6.07 Å². The lowest BCUT2D eigenvalue weighted by atomic mass is 10.1. The maximum absolute atomic E-state index is 9.38. The quantitative estimate of drug-likeness (QED) is 0.748. The van der Waals surface area contributed by atoms with Crippen molar-refractivity contribution < 1.29 is 10.2 Å². The Morgan fingerprint density at radius 3 is 2.88 bits per heavy atom. The molecule has 0 radical (unpaired) electrons. The first kappa shape index (κ1) is 10.4. The highest BCUT2D eigenvalue weighted by Crippen LogP contribution is 2.28. The highest BCUT2D eigenvalue weighted by molar-refractivity contribution is 5.41. The minimum atomic E-state index is -1.51. The van der Waals surface area contributed by atoms with Gasteiger partial charge >= 0.3 is 0 Å². The summed E-state index contributed by atoms with van der Waals surface area (Å²) in [5.74, 6) is 0.686. The van der Waals surface area contributed by atoms with Crippen LogP contribution in [0, 0.1) is 0 Å². The molecule has 1 aliphatic rings. The summed E-state index contributed by atoms with van der Waals surface area (Å²) in [5, 5.41) is 18.8. The van der Waals surface area contributed by atoms with Crippen LogP contribution in [0.4, 0.5) is 0 Å². The topological polar surface area (TPSA) is 71.2 Å². The van der Waals surface area contributed by atoms with E-state index in [-0.39, 0.29) is 0 Å². The summed E-state index contributed by atoms with van der Waals surface area (Å²) >= 11 is 0. The van der Waals surface area contributed by atoms with Crippen LogP contribution >= 0.6 is 0 Å². The van der Waals surface area contributed by atoms with Crippen LogP contribution in [0.25, 0.3) is 5.82 Å². The number of nitrogens with zero attached hydrogens (tertiary/aromatic N) is 3. The molecule has 2 N–H and O–H groups in total. The summed E-state index contributed by atoms with van der Waals surface area (Å²) in [5.41, 5.74) is 2.53. The molecule has 3 rings (SSSR count). The number of aryl methyl sites for hydroxylation is 1. The normalized spacial score (nSPS) is 14.3. The van der Waals surface area contributed by atoms with E-state index in [0.717, 1.165) is 30.4 Å². The van der Waals surface area contributed by atoms with E-state index in [1.165, 1.54) is 0 Å². The average Bonchev–Trinajstić information content (AvgIpc) is 2.98. The molecule has 0 saturated heterocycles. The van der Waals surface area contributed by atoms with Crippen molar-refractivity contribution in [3.8, 4) is 5.82 Å². The highest BCUT2D eigenvalue weighted by atomic mass is 16.5. The smallest absolute Gasteiger partial charge is 0.196 e. The van der Waals surface area contributed by atoms with Crippen molar-refractivity contribution in [2.45, 2.75) is 25.6 Å². The van der Waals surface area contributed by atoms with Crippen LogP contribution in [0.2, 0.25) is 0 Å². The number of hydrogen-bond acceptors (Lipinski definition) is 4. The zero-order valence-corrected chi connectivity index (χ0v) is 9.24. The lowest BCUT2D eigenvalue weighted by Crippen LogP contribution is -2.08. The van der Waals surface area contributed by atoms with Crippen molar-refractivity contribution in [2.75, 3.05) is 0 Å². The van der Waals surface area contributed by atoms with Crippen molar-refractivity contribution in [2.24, 2.45) is 0 Å². The third-order valence-corrected chi connectivity index (χ3v) is 3.12. The van der Waals surface area contributed by atoms with Gasteiger partial charge < -0.3 is 10.2 Å².